The summed E-state index contributed by atoms with van der Waals surface area (Å²) in [7, 11) is 0. The van der Waals surface area contributed by atoms with Crippen molar-refractivity contribution in [3.8, 4) is 11.5 Å². The quantitative estimate of drug-likeness (QED) is 0.780. The van der Waals surface area contributed by atoms with Gasteiger partial charge in [-0.1, -0.05) is 12.1 Å². The molecule has 1 N–H and O–H groups in total. The monoisotopic (exact) mass is 283 g/mol. The molecule has 0 amide bonds. The number of hydrogen-bond acceptors (Lipinski definition) is 5. The van der Waals surface area contributed by atoms with Crippen LogP contribution >= 0.6 is 0 Å². The minimum absolute atomic E-state index is 0.0452. The number of nitrogens with one attached hydrogen (secondary N) is 1. The molecule has 0 radical (unpaired) electrons. The summed E-state index contributed by atoms with van der Waals surface area (Å²) in [6, 6.07) is 11.8. The zero-order valence-electron chi connectivity index (χ0n) is 12.3. The van der Waals surface area contributed by atoms with Gasteiger partial charge in [0.05, 0.1) is 11.6 Å². The Balaban J connectivity index is 1.89. The number of benzene rings is 1. The highest BCUT2D eigenvalue weighted by molar-refractivity contribution is 5.72. The molecule has 0 bridgehead atoms. The molecule has 5 nitrogen and oxygen atoms in total. The van der Waals surface area contributed by atoms with E-state index >= 15 is 0 Å². The van der Waals surface area contributed by atoms with E-state index in [1.54, 1.807) is 6.92 Å². The Morgan fingerprint density at radius 3 is 2.48 bits per heavy atom. The molecule has 0 aliphatic heterocycles. The predicted molar refractivity (Wildman–Crippen MR) is 80.0 cm³/mol. The van der Waals surface area contributed by atoms with Crippen molar-refractivity contribution in [1.82, 2.24) is 10.2 Å². The number of para-hydroxylation sites is 1. The van der Waals surface area contributed by atoms with Crippen LogP contribution in [-0.4, -0.2) is 10.2 Å². The molecule has 1 atom stereocenters. The SMILES string of the molecule is Cc1ccc(C(C)Nc2ccccc2-c2nnc(C)o2)o1. The molecule has 108 valence electrons. The minimum atomic E-state index is 0.0452. The third-order valence-electron chi connectivity index (χ3n) is 3.24. The number of nitrogens with zero attached hydrogens (tertiary/aromatic N) is 2. The normalized spacial score (nSPS) is 12.3. The summed E-state index contributed by atoms with van der Waals surface area (Å²) in [6.07, 6.45) is 0. The maximum Gasteiger partial charge on any atom is 0.249 e. The van der Waals surface area contributed by atoms with Crippen molar-refractivity contribution in [1.29, 1.82) is 0 Å². The molecule has 0 saturated heterocycles. The Hall–Kier alpha value is -2.56. The summed E-state index contributed by atoms with van der Waals surface area (Å²) >= 11 is 0. The van der Waals surface area contributed by atoms with Gasteiger partial charge >= 0.3 is 0 Å². The van der Waals surface area contributed by atoms with Gasteiger partial charge in [0.15, 0.2) is 0 Å². The summed E-state index contributed by atoms with van der Waals surface area (Å²) in [5.41, 5.74) is 1.82. The first kappa shape index (κ1) is 13.4. The van der Waals surface area contributed by atoms with Crippen LogP contribution in [0, 0.1) is 13.8 Å². The van der Waals surface area contributed by atoms with E-state index in [0.717, 1.165) is 22.8 Å². The Bertz CT molecular complexity index is 745. The minimum Gasteiger partial charge on any atom is -0.464 e. The second-order valence-corrected chi connectivity index (χ2v) is 4.99. The molecular formula is C16H17N3O2. The first-order valence-corrected chi connectivity index (χ1v) is 6.86. The summed E-state index contributed by atoms with van der Waals surface area (Å²) in [6.45, 7) is 5.76. The van der Waals surface area contributed by atoms with Crippen molar-refractivity contribution in [3.05, 3.63) is 53.8 Å². The standard InChI is InChI=1S/C16H17N3O2/c1-10-8-9-15(20-10)11(2)17-14-7-5-4-6-13(14)16-19-18-12(3)21-16/h4-9,11,17H,1-3H3. The lowest BCUT2D eigenvalue weighted by atomic mass is 10.1. The van der Waals surface area contributed by atoms with E-state index in [4.69, 9.17) is 8.83 Å². The molecule has 0 aliphatic rings. The average molecular weight is 283 g/mol. The number of furan rings is 1. The molecule has 1 aromatic carbocycles. The van der Waals surface area contributed by atoms with Gasteiger partial charge in [-0.2, -0.15) is 0 Å². The summed E-state index contributed by atoms with van der Waals surface area (Å²) in [4.78, 5) is 0. The highest BCUT2D eigenvalue weighted by Gasteiger charge is 2.15. The third kappa shape index (κ3) is 2.81. The van der Waals surface area contributed by atoms with E-state index in [-0.39, 0.29) is 6.04 Å². The molecule has 2 aromatic heterocycles. The van der Waals surface area contributed by atoms with E-state index in [1.165, 1.54) is 0 Å². The molecular weight excluding hydrogens is 266 g/mol. The molecule has 3 rings (SSSR count). The fourth-order valence-electron chi connectivity index (χ4n) is 2.19. The largest absolute Gasteiger partial charge is 0.464 e. The molecule has 0 fully saturated rings. The van der Waals surface area contributed by atoms with Crippen LogP contribution in [0.15, 0.2) is 45.2 Å². The van der Waals surface area contributed by atoms with Gasteiger partial charge in [-0.25, -0.2) is 0 Å². The van der Waals surface area contributed by atoms with E-state index in [1.807, 2.05) is 50.2 Å². The number of aromatic nitrogens is 2. The van der Waals surface area contributed by atoms with Crippen molar-refractivity contribution in [3.63, 3.8) is 0 Å². The van der Waals surface area contributed by atoms with Crippen LogP contribution in [0.2, 0.25) is 0 Å². The van der Waals surface area contributed by atoms with Crippen LogP contribution in [0.5, 0.6) is 0 Å². The van der Waals surface area contributed by atoms with Crippen LogP contribution in [0.1, 0.15) is 30.4 Å². The fraction of sp³-hybridized carbons (Fsp3) is 0.250. The van der Waals surface area contributed by atoms with Gasteiger partial charge in [-0.3, -0.25) is 0 Å². The molecule has 21 heavy (non-hydrogen) atoms. The van der Waals surface area contributed by atoms with Gasteiger partial charge in [0.2, 0.25) is 11.8 Å². The number of hydrogen-bond donors (Lipinski definition) is 1. The molecule has 2 heterocycles. The van der Waals surface area contributed by atoms with E-state index in [2.05, 4.69) is 15.5 Å². The van der Waals surface area contributed by atoms with E-state index in [9.17, 15) is 0 Å². The lowest BCUT2D eigenvalue weighted by molar-refractivity contribution is 0.467. The van der Waals surface area contributed by atoms with Gasteiger partial charge in [-0.05, 0) is 38.1 Å². The average Bonchev–Trinajstić information content (AvgIpc) is 3.08. The van der Waals surface area contributed by atoms with Crippen LogP contribution in [0.3, 0.4) is 0 Å². The lowest BCUT2D eigenvalue weighted by Crippen LogP contribution is -2.06. The molecule has 3 aromatic rings. The van der Waals surface area contributed by atoms with Crippen LogP contribution in [-0.2, 0) is 0 Å². The van der Waals surface area contributed by atoms with Gasteiger partial charge < -0.3 is 14.2 Å². The van der Waals surface area contributed by atoms with Crippen LogP contribution in [0.25, 0.3) is 11.5 Å². The topological polar surface area (TPSA) is 64.1 Å². The molecule has 0 spiro atoms. The predicted octanol–water partition coefficient (Wildman–Crippen LogP) is 4.12. The summed E-state index contributed by atoms with van der Waals surface area (Å²) in [5.74, 6) is 2.86. The second-order valence-electron chi connectivity index (χ2n) is 4.99. The van der Waals surface area contributed by atoms with Crippen molar-refractivity contribution >= 4 is 5.69 Å². The maximum absolute atomic E-state index is 5.65. The number of rotatable bonds is 4. The zero-order valence-corrected chi connectivity index (χ0v) is 12.3. The molecule has 0 saturated carbocycles. The van der Waals surface area contributed by atoms with Crippen molar-refractivity contribution in [2.24, 2.45) is 0 Å². The Morgan fingerprint density at radius 2 is 1.81 bits per heavy atom. The Labute approximate surface area is 123 Å². The lowest BCUT2D eigenvalue weighted by Gasteiger charge is -2.15. The van der Waals surface area contributed by atoms with Crippen LogP contribution in [0.4, 0.5) is 5.69 Å². The van der Waals surface area contributed by atoms with Gasteiger partial charge in [0, 0.05) is 12.6 Å². The zero-order chi connectivity index (χ0) is 14.8. The van der Waals surface area contributed by atoms with Crippen molar-refractivity contribution < 1.29 is 8.83 Å². The fourth-order valence-corrected chi connectivity index (χ4v) is 2.19. The highest BCUT2D eigenvalue weighted by atomic mass is 16.4. The number of aryl methyl sites for hydroxylation is 2. The molecule has 5 heteroatoms. The van der Waals surface area contributed by atoms with E-state index in [0.29, 0.717) is 11.8 Å². The highest BCUT2D eigenvalue weighted by Crippen LogP contribution is 2.30. The molecule has 0 aliphatic carbocycles. The van der Waals surface area contributed by atoms with Crippen molar-refractivity contribution in [2.75, 3.05) is 5.32 Å². The Kier molecular flexibility index (Phi) is 3.48. The van der Waals surface area contributed by atoms with Gasteiger partial charge in [-0.15, -0.1) is 10.2 Å². The van der Waals surface area contributed by atoms with Crippen molar-refractivity contribution in [2.45, 2.75) is 26.8 Å². The smallest absolute Gasteiger partial charge is 0.249 e. The first-order chi connectivity index (χ1) is 10.1. The Morgan fingerprint density at radius 1 is 1.00 bits per heavy atom. The first-order valence-electron chi connectivity index (χ1n) is 6.86. The second kappa shape index (κ2) is 5.44. The van der Waals surface area contributed by atoms with Gasteiger partial charge in [0.25, 0.3) is 0 Å². The van der Waals surface area contributed by atoms with Gasteiger partial charge in [0.1, 0.15) is 11.5 Å². The third-order valence-corrected chi connectivity index (χ3v) is 3.24. The summed E-state index contributed by atoms with van der Waals surface area (Å²) < 4.78 is 11.2. The van der Waals surface area contributed by atoms with Crippen LogP contribution < -0.4 is 5.32 Å². The van der Waals surface area contributed by atoms with E-state index < -0.39 is 0 Å². The molecule has 1 unspecified atom stereocenters. The number of anilines is 1. The maximum atomic E-state index is 5.65. The summed E-state index contributed by atoms with van der Waals surface area (Å²) in [5, 5.41) is 11.4.